The van der Waals surface area contributed by atoms with Gasteiger partial charge in [0.1, 0.15) is 24.7 Å². The zero-order chi connectivity index (χ0) is 21.0. The summed E-state index contributed by atoms with van der Waals surface area (Å²) in [4.78, 5) is 0. The highest BCUT2D eigenvalue weighted by atomic mass is 16.5. The Morgan fingerprint density at radius 2 is 1.07 bits per heavy atom. The van der Waals surface area contributed by atoms with Gasteiger partial charge in [0.15, 0.2) is 0 Å². The van der Waals surface area contributed by atoms with E-state index in [0.29, 0.717) is 51.5 Å². The third-order valence-electron chi connectivity index (χ3n) is 4.83. The summed E-state index contributed by atoms with van der Waals surface area (Å²) in [5.74, 6) is 2.43. The molecule has 6 nitrogen and oxygen atoms in total. The molecular formula is C24H34N2O4. The molecule has 2 atom stereocenters. The van der Waals surface area contributed by atoms with Crippen LogP contribution in [-0.2, 0) is 9.47 Å². The van der Waals surface area contributed by atoms with Gasteiger partial charge in [-0.05, 0) is 36.1 Å². The highest BCUT2D eigenvalue weighted by Crippen LogP contribution is 2.25. The molecule has 0 saturated heterocycles. The van der Waals surface area contributed by atoms with Gasteiger partial charge in [0.05, 0.1) is 37.8 Å². The van der Waals surface area contributed by atoms with Gasteiger partial charge in [0.2, 0.25) is 0 Å². The SMILES string of the molecule is CC1CNc2ccccc2OCCOCC(C)CNc2ccccc2OCCOC1. The number of para-hydroxylation sites is 4. The number of benzene rings is 2. The third-order valence-corrected chi connectivity index (χ3v) is 4.83. The second-order valence-electron chi connectivity index (χ2n) is 7.81. The van der Waals surface area contributed by atoms with Gasteiger partial charge in [0, 0.05) is 13.1 Å². The second-order valence-corrected chi connectivity index (χ2v) is 7.81. The zero-order valence-electron chi connectivity index (χ0n) is 18.1. The van der Waals surface area contributed by atoms with E-state index in [0.717, 1.165) is 36.0 Å². The predicted molar refractivity (Wildman–Crippen MR) is 121 cm³/mol. The van der Waals surface area contributed by atoms with Gasteiger partial charge < -0.3 is 29.6 Å². The summed E-state index contributed by atoms with van der Waals surface area (Å²) in [6.45, 7) is 9.45. The van der Waals surface area contributed by atoms with E-state index in [1.165, 1.54) is 0 Å². The van der Waals surface area contributed by atoms with Crippen LogP contribution in [0.2, 0.25) is 0 Å². The fourth-order valence-electron chi connectivity index (χ4n) is 3.15. The van der Waals surface area contributed by atoms with Crippen molar-refractivity contribution in [1.82, 2.24) is 0 Å². The molecular weight excluding hydrogens is 380 g/mol. The second kappa shape index (κ2) is 12.3. The number of ether oxygens (including phenoxy) is 4. The first-order valence-electron chi connectivity index (χ1n) is 10.8. The number of rotatable bonds is 0. The van der Waals surface area contributed by atoms with Crippen molar-refractivity contribution in [1.29, 1.82) is 0 Å². The van der Waals surface area contributed by atoms with E-state index < -0.39 is 0 Å². The van der Waals surface area contributed by atoms with E-state index >= 15 is 0 Å². The summed E-state index contributed by atoms with van der Waals surface area (Å²) < 4.78 is 23.5. The summed E-state index contributed by atoms with van der Waals surface area (Å²) in [6, 6.07) is 16.0. The average Bonchev–Trinajstić information content (AvgIpc) is 2.76. The molecule has 0 radical (unpaired) electrons. The average molecular weight is 415 g/mol. The Morgan fingerprint density at radius 3 is 1.53 bits per heavy atom. The minimum absolute atomic E-state index is 0.363. The van der Waals surface area contributed by atoms with Crippen LogP contribution in [0.5, 0.6) is 11.5 Å². The van der Waals surface area contributed by atoms with Crippen LogP contribution in [0.25, 0.3) is 0 Å². The molecule has 2 N–H and O–H groups in total. The van der Waals surface area contributed by atoms with Gasteiger partial charge in [-0.1, -0.05) is 38.1 Å². The van der Waals surface area contributed by atoms with Crippen molar-refractivity contribution in [3.63, 3.8) is 0 Å². The molecule has 30 heavy (non-hydrogen) atoms. The lowest BCUT2D eigenvalue weighted by molar-refractivity contribution is 0.0793. The van der Waals surface area contributed by atoms with Crippen LogP contribution in [0, 0.1) is 11.8 Å². The molecule has 0 spiro atoms. The smallest absolute Gasteiger partial charge is 0.142 e. The first-order chi connectivity index (χ1) is 14.7. The van der Waals surface area contributed by atoms with Crippen LogP contribution in [-0.4, -0.2) is 52.7 Å². The quantitative estimate of drug-likeness (QED) is 0.671. The molecule has 164 valence electrons. The van der Waals surface area contributed by atoms with Crippen LogP contribution in [0.4, 0.5) is 11.4 Å². The van der Waals surface area contributed by atoms with Crippen LogP contribution in [0.1, 0.15) is 13.8 Å². The van der Waals surface area contributed by atoms with Gasteiger partial charge in [-0.3, -0.25) is 0 Å². The summed E-state index contributed by atoms with van der Waals surface area (Å²) in [7, 11) is 0. The number of fused-ring (bicyclic) bond motifs is 2. The monoisotopic (exact) mass is 414 g/mol. The first kappa shape index (κ1) is 22.2. The fourth-order valence-corrected chi connectivity index (χ4v) is 3.15. The lowest BCUT2D eigenvalue weighted by Gasteiger charge is -2.19. The van der Waals surface area contributed by atoms with Gasteiger partial charge >= 0.3 is 0 Å². The molecule has 1 heterocycles. The predicted octanol–water partition coefficient (Wildman–Crippen LogP) is 4.29. The molecule has 6 heteroatoms. The Labute approximate surface area is 179 Å². The molecule has 3 rings (SSSR count). The normalized spacial score (nSPS) is 22.1. The highest BCUT2D eigenvalue weighted by molar-refractivity contribution is 5.56. The van der Waals surface area contributed by atoms with Crippen molar-refractivity contribution >= 4 is 11.4 Å². The summed E-state index contributed by atoms with van der Waals surface area (Å²) in [5, 5.41) is 6.94. The molecule has 2 unspecified atom stereocenters. The Bertz CT molecular complexity index is 692. The zero-order valence-corrected chi connectivity index (χ0v) is 18.1. The van der Waals surface area contributed by atoms with Crippen LogP contribution in [0.15, 0.2) is 48.5 Å². The molecule has 1 aliphatic rings. The number of anilines is 2. The lowest BCUT2D eigenvalue weighted by Crippen LogP contribution is -2.20. The van der Waals surface area contributed by atoms with Crippen molar-refractivity contribution in [3.05, 3.63) is 48.5 Å². The first-order valence-corrected chi connectivity index (χ1v) is 10.8. The third kappa shape index (κ3) is 7.43. The Kier molecular flexibility index (Phi) is 9.12. The summed E-state index contributed by atoms with van der Waals surface area (Å²) >= 11 is 0. The van der Waals surface area contributed by atoms with E-state index in [-0.39, 0.29) is 0 Å². The number of hydrogen-bond acceptors (Lipinski definition) is 6. The summed E-state index contributed by atoms with van der Waals surface area (Å²) in [5.41, 5.74) is 1.99. The van der Waals surface area contributed by atoms with Gasteiger partial charge in [0.25, 0.3) is 0 Å². The maximum absolute atomic E-state index is 5.94. The molecule has 0 saturated carbocycles. The lowest BCUT2D eigenvalue weighted by atomic mass is 10.2. The molecule has 0 fully saturated rings. The standard InChI is InChI=1S/C24H34N2O4/c1-19-15-25-21-7-3-5-9-23(21)30-14-12-28-18-20(2)16-26-22-8-4-6-10-24(22)29-13-11-27-17-19/h3-10,19-20,25-26H,11-18H2,1-2H3. The van der Waals surface area contributed by atoms with Gasteiger partial charge in [-0.25, -0.2) is 0 Å². The molecule has 0 bridgehead atoms. The Morgan fingerprint density at radius 1 is 0.633 bits per heavy atom. The maximum atomic E-state index is 5.94. The molecule has 0 aliphatic carbocycles. The van der Waals surface area contributed by atoms with Crippen LogP contribution < -0.4 is 20.1 Å². The van der Waals surface area contributed by atoms with Crippen LogP contribution in [0.3, 0.4) is 0 Å². The number of nitrogens with one attached hydrogen (secondary N) is 2. The van der Waals surface area contributed by atoms with Gasteiger partial charge in [-0.15, -0.1) is 0 Å². The van der Waals surface area contributed by atoms with Crippen molar-refractivity contribution in [2.45, 2.75) is 13.8 Å². The van der Waals surface area contributed by atoms with E-state index in [9.17, 15) is 0 Å². The molecule has 1 aliphatic heterocycles. The molecule has 2 aromatic carbocycles. The van der Waals surface area contributed by atoms with E-state index in [4.69, 9.17) is 18.9 Å². The molecule has 0 amide bonds. The largest absolute Gasteiger partial charge is 0.489 e. The van der Waals surface area contributed by atoms with Crippen LogP contribution >= 0.6 is 0 Å². The number of hydrogen-bond donors (Lipinski definition) is 2. The van der Waals surface area contributed by atoms with E-state index in [2.05, 4.69) is 24.5 Å². The Hall–Kier alpha value is -2.44. The Balaban J connectivity index is 1.59. The van der Waals surface area contributed by atoms with Gasteiger partial charge in [-0.2, -0.15) is 0 Å². The van der Waals surface area contributed by atoms with Crippen molar-refractivity contribution in [2.24, 2.45) is 11.8 Å². The highest BCUT2D eigenvalue weighted by Gasteiger charge is 2.09. The molecule has 0 aromatic heterocycles. The minimum Gasteiger partial charge on any atom is -0.489 e. The van der Waals surface area contributed by atoms with E-state index in [1.54, 1.807) is 0 Å². The van der Waals surface area contributed by atoms with Crippen molar-refractivity contribution in [3.8, 4) is 11.5 Å². The topological polar surface area (TPSA) is 61.0 Å². The molecule has 2 aromatic rings. The fraction of sp³-hybridized carbons (Fsp3) is 0.500. The maximum Gasteiger partial charge on any atom is 0.142 e. The summed E-state index contributed by atoms with van der Waals surface area (Å²) in [6.07, 6.45) is 0. The van der Waals surface area contributed by atoms with Crippen molar-refractivity contribution < 1.29 is 18.9 Å². The van der Waals surface area contributed by atoms with E-state index in [1.807, 2.05) is 48.5 Å². The van der Waals surface area contributed by atoms with Crippen molar-refractivity contribution in [2.75, 3.05) is 63.4 Å². The minimum atomic E-state index is 0.363.